The van der Waals surface area contributed by atoms with Gasteiger partial charge >= 0.3 is 0 Å². The number of piperazine rings is 1. The first-order chi connectivity index (χ1) is 16.8. The van der Waals surface area contributed by atoms with Crippen molar-refractivity contribution in [2.75, 3.05) is 45.3 Å². The van der Waals surface area contributed by atoms with E-state index in [-0.39, 0.29) is 16.7 Å². The Morgan fingerprint density at radius 3 is 2.20 bits per heavy atom. The summed E-state index contributed by atoms with van der Waals surface area (Å²) in [6.45, 7) is 2.06. The molecule has 3 aromatic rings. The molecule has 35 heavy (non-hydrogen) atoms. The predicted octanol–water partition coefficient (Wildman–Crippen LogP) is 3.86. The number of sulfonamides is 1. The summed E-state index contributed by atoms with van der Waals surface area (Å²) in [6.07, 6.45) is 0. The number of hydrogen-bond donors (Lipinski definition) is 1. The molecule has 1 N–H and O–H groups in total. The number of anilines is 1. The maximum absolute atomic E-state index is 13.2. The van der Waals surface area contributed by atoms with Crippen LogP contribution >= 0.6 is 22.9 Å². The van der Waals surface area contributed by atoms with Crippen molar-refractivity contribution >= 4 is 44.6 Å². The van der Waals surface area contributed by atoms with Gasteiger partial charge in [-0.2, -0.15) is 4.31 Å². The van der Waals surface area contributed by atoms with E-state index in [1.807, 2.05) is 12.1 Å². The van der Waals surface area contributed by atoms with Gasteiger partial charge in [-0.25, -0.2) is 8.42 Å². The van der Waals surface area contributed by atoms with Gasteiger partial charge in [0, 0.05) is 65.5 Å². The fraction of sp³-hybridized carbons (Fsp3) is 0.292. The number of carbonyl (C=O) groups is 1. The lowest BCUT2D eigenvalue weighted by Gasteiger charge is -2.35. The van der Waals surface area contributed by atoms with Crippen LogP contribution in [0.5, 0.6) is 11.5 Å². The van der Waals surface area contributed by atoms with Crippen molar-refractivity contribution in [2.24, 2.45) is 0 Å². The number of hydrogen-bond acceptors (Lipinski definition) is 7. The standard InChI is InChI=1S/C24H26ClN3O5S2/c1-32-20-13-19(14-21(15-20)33-2)27-9-11-28(12-10-27)35(30,31)23-8-7-22(34-23)16-26-24(29)17-3-5-18(25)6-4-17/h3-8,13-15H,9-12,16H2,1-2H3,(H,26,29). The average Bonchev–Trinajstić information content (AvgIpc) is 3.37. The van der Waals surface area contributed by atoms with Crippen LogP contribution in [0.15, 0.2) is 58.8 Å². The maximum atomic E-state index is 13.2. The summed E-state index contributed by atoms with van der Waals surface area (Å²) in [5.41, 5.74) is 1.42. The molecule has 0 aliphatic carbocycles. The quantitative estimate of drug-likeness (QED) is 0.471. The molecule has 1 amide bonds. The van der Waals surface area contributed by atoms with Crippen molar-refractivity contribution in [3.63, 3.8) is 0 Å². The van der Waals surface area contributed by atoms with Crippen molar-refractivity contribution in [1.29, 1.82) is 0 Å². The second kappa shape index (κ2) is 10.9. The topological polar surface area (TPSA) is 88.2 Å². The minimum Gasteiger partial charge on any atom is -0.497 e. The summed E-state index contributed by atoms with van der Waals surface area (Å²) in [6, 6.07) is 15.5. The fourth-order valence-electron chi connectivity index (χ4n) is 3.75. The van der Waals surface area contributed by atoms with E-state index >= 15 is 0 Å². The highest BCUT2D eigenvalue weighted by atomic mass is 35.5. The van der Waals surface area contributed by atoms with E-state index < -0.39 is 10.0 Å². The number of benzene rings is 2. The molecule has 186 valence electrons. The van der Waals surface area contributed by atoms with Crippen molar-refractivity contribution < 1.29 is 22.7 Å². The molecule has 1 fully saturated rings. The van der Waals surface area contributed by atoms with Crippen molar-refractivity contribution in [3.8, 4) is 11.5 Å². The van der Waals surface area contributed by atoms with Gasteiger partial charge in [-0.1, -0.05) is 11.6 Å². The second-order valence-electron chi connectivity index (χ2n) is 7.87. The molecule has 0 atom stereocenters. The van der Waals surface area contributed by atoms with Crippen molar-refractivity contribution in [1.82, 2.24) is 9.62 Å². The molecule has 2 heterocycles. The molecule has 0 spiro atoms. The highest BCUT2D eigenvalue weighted by Crippen LogP contribution is 2.31. The van der Waals surface area contributed by atoms with Crippen LogP contribution in [0.3, 0.4) is 0 Å². The summed E-state index contributed by atoms with van der Waals surface area (Å²) in [4.78, 5) is 15.2. The smallest absolute Gasteiger partial charge is 0.252 e. The molecular weight excluding hydrogens is 510 g/mol. The first-order valence-electron chi connectivity index (χ1n) is 10.9. The molecule has 1 aliphatic rings. The molecule has 0 saturated carbocycles. The highest BCUT2D eigenvalue weighted by Gasteiger charge is 2.30. The van der Waals surface area contributed by atoms with Crippen LogP contribution < -0.4 is 19.7 Å². The average molecular weight is 536 g/mol. The molecule has 1 saturated heterocycles. The third kappa shape index (κ3) is 5.90. The first kappa shape index (κ1) is 25.3. The van der Waals surface area contributed by atoms with Gasteiger partial charge in [0.15, 0.2) is 0 Å². The summed E-state index contributed by atoms with van der Waals surface area (Å²) in [7, 11) is -0.422. The number of methoxy groups -OCH3 is 2. The zero-order valence-corrected chi connectivity index (χ0v) is 21.8. The maximum Gasteiger partial charge on any atom is 0.252 e. The molecule has 11 heteroatoms. The number of nitrogens with zero attached hydrogens (tertiary/aromatic N) is 2. The number of ether oxygens (including phenoxy) is 2. The SMILES string of the molecule is COc1cc(OC)cc(N2CCN(S(=O)(=O)c3ccc(CNC(=O)c4ccc(Cl)cc4)s3)CC2)c1. The molecular formula is C24H26ClN3O5S2. The second-order valence-corrected chi connectivity index (χ2v) is 11.6. The number of amides is 1. The van der Waals surface area contributed by atoms with Crippen LogP contribution in [0.1, 0.15) is 15.2 Å². The number of halogens is 1. The van der Waals surface area contributed by atoms with Crippen LogP contribution in [0, 0.1) is 0 Å². The van der Waals surface area contributed by atoms with Gasteiger partial charge in [-0.3, -0.25) is 4.79 Å². The Morgan fingerprint density at radius 2 is 1.60 bits per heavy atom. The van der Waals surface area contributed by atoms with E-state index in [0.29, 0.717) is 48.3 Å². The van der Waals surface area contributed by atoms with Crippen LogP contribution in [-0.2, 0) is 16.6 Å². The zero-order chi connectivity index (χ0) is 25.0. The molecule has 0 bridgehead atoms. The van der Waals surface area contributed by atoms with Crippen LogP contribution in [0.4, 0.5) is 5.69 Å². The number of rotatable bonds is 8. The highest BCUT2D eigenvalue weighted by molar-refractivity contribution is 7.91. The van der Waals surface area contributed by atoms with Crippen LogP contribution in [-0.4, -0.2) is 59.0 Å². The third-order valence-corrected chi connectivity index (χ3v) is 9.40. The van der Waals surface area contributed by atoms with Gasteiger partial charge in [0.2, 0.25) is 0 Å². The molecule has 0 radical (unpaired) electrons. The Labute approximate surface area is 214 Å². The summed E-state index contributed by atoms with van der Waals surface area (Å²) in [5, 5.41) is 3.37. The molecule has 0 unspecified atom stereocenters. The summed E-state index contributed by atoms with van der Waals surface area (Å²) >= 11 is 7.03. The molecule has 8 nitrogen and oxygen atoms in total. The normalized spacial score (nSPS) is 14.5. The Kier molecular flexibility index (Phi) is 7.85. The molecule has 1 aromatic heterocycles. The molecule has 4 rings (SSSR count). The summed E-state index contributed by atoms with van der Waals surface area (Å²) in [5.74, 6) is 1.12. The van der Waals surface area contributed by atoms with E-state index in [2.05, 4.69) is 10.2 Å². The minimum atomic E-state index is -3.62. The number of nitrogens with one attached hydrogen (secondary N) is 1. The van der Waals surface area contributed by atoms with E-state index in [4.69, 9.17) is 21.1 Å². The lowest BCUT2D eigenvalue weighted by atomic mass is 10.2. The monoisotopic (exact) mass is 535 g/mol. The van der Waals surface area contributed by atoms with E-state index in [1.54, 1.807) is 56.7 Å². The zero-order valence-electron chi connectivity index (χ0n) is 19.4. The molecule has 1 aliphatic heterocycles. The van der Waals surface area contributed by atoms with E-state index in [0.717, 1.165) is 10.6 Å². The van der Waals surface area contributed by atoms with Gasteiger partial charge in [0.25, 0.3) is 15.9 Å². The minimum absolute atomic E-state index is 0.243. The van der Waals surface area contributed by atoms with Gasteiger partial charge in [0.05, 0.1) is 20.8 Å². The van der Waals surface area contributed by atoms with Crippen molar-refractivity contribution in [2.45, 2.75) is 10.8 Å². The van der Waals surface area contributed by atoms with Crippen LogP contribution in [0.25, 0.3) is 0 Å². The number of carbonyl (C=O) groups excluding carboxylic acids is 1. The van der Waals surface area contributed by atoms with Crippen molar-refractivity contribution in [3.05, 3.63) is 70.1 Å². The Bertz CT molecular complexity index is 1260. The van der Waals surface area contributed by atoms with Gasteiger partial charge in [-0.15, -0.1) is 11.3 Å². The molecule has 2 aromatic carbocycles. The summed E-state index contributed by atoms with van der Waals surface area (Å²) < 4.78 is 38.9. The predicted molar refractivity (Wildman–Crippen MR) is 137 cm³/mol. The van der Waals surface area contributed by atoms with Crippen LogP contribution in [0.2, 0.25) is 5.02 Å². The first-order valence-corrected chi connectivity index (χ1v) is 13.5. The Morgan fingerprint density at radius 1 is 0.971 bits per heavy atom. The Hall–Kier alpha value is -2.79. The third-order valence-electron chi connectivity index (χ3n) is 5.70. The Balaban J connectivity index is 1.37. The number of thiophene rings is 1. The lowest BCUT2D eigenvalue weighted by molar-refractivity contribution is 0.0951. The lowest BCUT2D eigenvalue weighted by Crippen LogP contribution is -2.48. The van der Waals surface area contributed by atoms with Gasteiger partial charge in [0.1, 0.15) is 15.7 Å². The van der Waals surface area contributed by atoms with E-state index in [1.165, 1.54) is 15.6 Å². The fourth-order valence-corrected chi connectivity index (χ4v) is 6.75. The van der Waals surface area contributed by atoms with Gasteiger partial charge < -0.3 is 19.7 Å². The van der Waals surface area contributed by atoms with Gasteiger partial charge in [-0.05, 0) is 36.4 Å². The van der Waals surface area contributed by atoms with E-state index in [9.17, 15) is 13.2 Å². The largest absolute Gasteiger partial charge is 0.497 e.